The summed E-state index contributed by atoms with van der Waals surface area (Å²) in [5.41, 5.74) is 5.46. The zero-order valence-electron chi connectivity index (χ0n) is 11.9. The van der Waals surface area contributed by atoms with Crippen molar-refractivity contribution in [3.8, 4) is 11.4 Å². The third-order valence-corrected chi connectivity index (χ3v) is 4.19. The molecule has 0 saturated carbocycles. The van der Waals surface area contributed by atoms with Crippen molar-refractivity contribution in [1.82, 2.24) is 14.9 Å². The van der Waals surface area contributed by atoms with Gasteiger partial charge >= 0.3 is 0 Å². The Bertz CT molecular complexity index is 835. The van der Waals surface area contributed by atoms with Gasteiger partial charge in [-0.1, -0.05) is 12.1 Å². The van der Waals surface area contributed by atoms with Crippen LogP contribution in [0.15, 0.2) is 36.4 Å². The van der Waals surface area contributed by atoms with E-state index < -0.39 is 0 Å². The van der Waals surface area contributed by atoms with Crippen LogP contribution in [0.5, 0.6) is 0 Å². The first-order chi connectivity index (χ1) is 10.2. The Hall–Kier alpha value is -2.20. The molecule has 0 saturated heterocycles. The second-order valence-corrected chi connectivity index (χ2v) is 5.54. The van der Waals surface area contributed by atoms with Crippen molar-refractivity contribution < 1.29 is 4.39 Å². The zero-order chi connectivity index (χ0) is 14.4. The second-order valence-electron chi connectivity index (χ2n) is 5.54. The molecule has 1 aliphatic rings. The molecule has 0 spiro atoms. The van der Waals surface area contributed by atoms with Gasteiger partial charge in [0.2, 0.25) is 0 Å². The predicted molar refractivity (Wildman–Crippen MR) is 81.5 cm³/mol. The summed E-state index contributed by atoms with van der Waals surface area (Å²) in [5, 5.41) is 3.39. The summed E-state index contributed by atoms with van der Waals surface area (Å²) in [4.78, 5) is 4.59. The topological polar surface area (TPSA) is 29.9 Å². The van der Waals surface area contributed by atoms with Crippen molar-refractivity contribution in [3.63, 3.8) is 0 Å². The van der Waals surface area contributed by atoms with E-state index in [4.69, 9.17) is 0 Å². The molecule has 106 valence electrons. The number of hydrogen-bond donors (Lipinski definition) is 1. The van der Waals surface area contributed by atoms with Crippen LogP contribution in [-0.4, -0.2) is 16.1 Å². The van der Waals surface area contributed by atoms with Gasteiger partial charge in [-0.05, 0) is 42.3 Å². The minimum absolute atomic E-state index is 0.248. The molecule has 1 aliphatic heterocycles. The number of rotatable bonds is 1. The first kappa shape index (κ1) is 12.5. The monoisotopic (exact) mass is 281 g/mol. The number of nitrogens with one attached hydrogen (secondary N) is 1. The maximum absolute atomic E-state index is 13.3. The molecule has 0 unspecified atom stereocenters. The fourth-order valence-corrected chi connectivity index (χ4v) is 3.05. The van der Waals surface area contributed by atoms with E-state index >= 15 is 0 Å². The van der Waals surface area contributed by atoms with Crippen molar-refractivity contribution in [2.75, 3.05) is 6.54 Å². The van der Waals surface area contributed by atoms with E-state index in [1.165, 1.54) is 23.3 Å². The summed E-state index contributed by atoms with van der Waals surface area (Å²) in [6.45, 7) is 1.94. The quantitative estimate of drug-likeness (QED) is 0.743. The first-order valence-electron chi connectivity index (χ1n) is 7.17. The fraction of sp³-hybridized carbons (Fsp3) is 0.235. The van der Waals surface area contributed by atoms with E-state index in [9.17, 15) is 4.39 Å². The van der Waals surface area contributed by atoms with Gasteiger partial charge in [-0.3, -0.25) is 0 Å². The molecule has 3 nitrogen and oxygen atoms in total. The van der Waals surface area contributed by atoms with Gasteiger partial charge in [0.1, 0.15) is 11.6 Å². The molecule has 0 aliphatic carbocycles. The Morgan fingerprint density at radius 1 is 1.14 bits per heavy atom. The Morgan fingerprint density at radius 3 is 2.95 bits per heavy atom. The highest BCUT2D eigenvalue weighted by Gasteiger charge is 2.14. The van der Waals surface area contributed by atoms with Crippen molar-refractivity contribution in [2.24, 2.45) is 7.05 Å². The number of benzene rings is 2. The van der Waals surface area contributed by atoms with Crippen molar-refractivity contribution in [3.05, 3.63) is 53.3 Å². The molecule has 0 amide bonds. The molecule has 2 heterocycles. The molecular weight excluding hydrogens is 265 g/mol. The standard InChI is InChI=1S/C17H16FN3/c1-21-16-5-4-14(18)9-15(16)20-17(21)12-3-2-11-6-7-19-10-13(11)8-12/h2-5,8-9,19H,6-7,10H2,1H3. The lowest BCUT2D eigenvalue weighted by Gasteiger charge is -2.17. The lowest BCUT2D eigenvalue weighted by atomic mass is 9.98. The highest BCUT2D eigenvalue weighted by atomic mass is 19.1. The number of imidazole rings is 1. The Morgan fingerprint density at radius 2 is 2.05 bits per heavy atom. The van der Waals surface area contributed by atoms with Gasteiger partial charge in [0, 0.05) is 25.2 Å². The van der Waals surface area contributed by atoms with Gasteiger partial charge in [-0.25, -0.2) is 9.37 Å². The molecular formula is C17H16FN3. The van der Waals surface area contributed by atoms with Crippen LogP contribution in [0.3, 0.4) is 0 Å². The lowest BCUT2D eigenvalue weighted by molar-refractivity contribution is 0.629. The average molecular weight is 281 g/mol. The van der Waals surface area contributed by atoms with Gasteiger partial charge in [-0.2, -0.15) is 0 Å². The van der Waals surface area contributed by atoms with Crippen LogP contribution < -0.4 is 5.32 Å². The summed E-state index contributed by atoms with van der Waals surface area (Å²) in [7, 11) is 1.97. The highest BCUT2D eigenvalue weighted by Crippen LogP contribution is 2.27. The summed E-state index contributed by atoms with van der Waals surface area (Å²) >= 11 is 0. The first-order valence-corrected chi connectivity index (χ1v) is 7.17. The minimum atomic E-state index is -0.248. The van der Waals surface area contributed by atoms with Crippen LogP contribution in [0.25, 0.3) is 22.4 Å². The third-order valence-electron chi connectivity index (χ3n) is 4.19. The Labute approximate surface area is 122 Å². The van der Waals surface area contributed by atoms with E-state index in [-0.39, 0.29) is 5.82 Å². The van der Waals surface area contributed by atoms with Gasteiger partial charge < -0.3 is 9.88 Å². The fourth-order valence-electron chi connectivity index (χ4n) is 3.05. The molecule has 2 aromatic carbocycles. The Kier molecular flexibility index (Phi) is 2.79. The summed E-state index contributed by atoms with van der Waals surface area (Å²) in [6, 6.07) is 11.2. The number of fused-ring (bicyclic) bond motifs is 2. The number of nitrogens with zero attached hydrogens (tertiary/aromatic N) is 2. The molecule has 3 aromatic rings. The van der Waals surface area contributed by atoms with E-state index in [1.807, 2.05) is 11.6 Å². The molecule has 0 radical (unpaired) electrons. The largest absolute Gasteiger partial charge is 0.327 e. The number of aryl methyl sites for hydroxylation is 1. The lowest BCUT2D eigenvalue weighted by Crippen LogP contribution is -2.23. The number of hydrogen-bond acceptors (Lipinski definition) is 2. The van der Waals surface area contributed by atoms with Gasteiger partial charge in [-0.15, -0.1) is 0 Å². The molecule has 21 heavy (non-hydrogen) atoms. The SMILES string of the molecule is Cn1c(-c2ccc3c(c2)CNCC3)nc2cc(F)ccc21. The minimum Gasteiger partial charge on any atom is -0.327 e. The maximum Gasteiger partial charge on any atom is 0.140 e. The molecule has 4 rings (SSSR count). The smallest absolute Gasteiger partial charge is 0.140 e. The highest BCUT2D eigenvalue weighted by molar-refractivity contribution is 5.80. The van der Waals surface area contributed by atoms with Gasteiger partial charge in [0.05, 0.1) is 11.0 Å². The number of halogens is 1. The van der Waals surface area contributed by atoms with Gasteiger partial charge in [0.25, 0.3) is 0 Å². The van der Waals surface area contributed by atoms with E-state index in [0.717, 1.165) is 36.4 Å². The molecule has 0 fully saturated rings. The second kappa shape index (κ2) is 4.67. The molecule has 4 heteroatoms. The molecule has 0 bridgehead atoms. The molecule has 0 atom stereocenters. The molecule has 1 aromatic heterocycles. The van der Waals surface area contributed by atoms with Crippen LogP contribution in [0, 0.1) is 5.82 Å². The third kappa shape index (κ3) is 2.03. The van der Waals surface area contributed by atoms with Crippen LogP contribution >= 0.6 is 0 Å². The van der Waals surface area contributed by atoms with Crippen LogP contribution in [0.1, 0.15) is 11.1 Å². The molecule has 1 N–H and O–H groups in total. The zero-order valence-corrected chi connectivity index (χ0v) is 11.9. The van der Waals surface area contributed by atoms with E-state index in [0.29, 0.717) is 5.52 Å². The van der Waals surface area contributed by atoms with Crippen molar-refractivity contribution in [1.29, 1.82) is 0 Å². The van der Waals surface area contributed by atoms with Crippen molar-refractivity contribution in [2.45, 2.75) is 13.0 Å². The maximum atomic E-state index is 13.3. The van der Waals surface area contributed by atoms with Crippen LogP contribution in [0.4, 0.5) is 4.39 Å². The summed E-state index contributed by atoms with van der Waals surface area (Å²) < 4.78 is 15.4. The van der Waals surface area contributed by atoms with Crippen LogP contribution in [-0.2, 0) is 20.0 Å². The summed E-state index contributed by atoms with van der Waals surface area (Å²) in [5.74, 6) is 0.630. The normalized spacial score (nSPS) is 14.4. The van der Waals surface area contributed by atoms with Crippen molar-refractivity contribution >= 4 is 11.0 Å². The predicted octanol–water partition coefficient (Wildman–Crippen LogP) is 3.03. The van der Waals surface area contributed by atoms with E-state index in [2.05, 4.69) is 28.5 Å². The summed E-state index contributed by atoms with van der Waals surface area (Å²) in [6.07, 6.45) is 1.07. The van der Waals surface area contributed by atoms with Crippen LogP contribution in [0.2, 0.25) is 0 Å². The van der Waals surface area contributed by atoms with Gasteiger partial charge in [0.15, 0.2) is 0 Å². The Balaban J connectivity index is 1.88. The number of aromatic nitrogens is 2. The average Bonchev–Trinajstić information content (AvgIpc) is 2.83. The van der Waals surface area contributed by atoms with E-state index in [1.54, 1.807) is 6.07 Å².